The molecule has 0 amide bonds. The predicted molar refractivity (Wildman–Crippen MR) is 84.1 cm³/mol. The number of aryl methyl sites for hydroxylation is 1. The van der Waals surface area contributed by atoms with Crippen LogP contribution in [0.5, 0.6) is 5.75 Å². The molecule has 3 nitrogen and oxygen atoms in total. The molecule has 0 heterocycles. The second-order valence-corrected chi connectivity index (χ2v) is 4.93. The normalized spacial score (nSPS) is 10.9. The average molecular weight is 326 g/mol. The van der Waals surface area contributed by atoms with Crippen LogP contribution in [0.25, 0.3) is 0 Å². The maximum atomic E-state index is 12.2. The van der Waals surface area contributed by atoms with Gasteiger partial charge >= 0.3 is 6.36 Å². The van der Waals surface area contributed by atoms with Crippen molar-refractivity contribution in [2.24, 2.45) is 0 Å². The Kier molecular flexibility index (Phi) is 4.87. The standard InChI is InChI=1S/C15H13F3N2OS/c1-10-4-2-5-11(8-10)19-14(22)20-12-6-3-7-13(9-12)21-15(16,17)18/h2-9H,1H3,(H2,19,20,22). The Bertz CT molecular complexity index is 674. The summed E-state index contributed by atoms with van der Waals surface area (Å²) in [5, 5.41) is 6.04. The van der Waals surface area contributed by atoms with Crippen molar-refractivity contribution in [1.82, 2.24) is 0 Å². The van der Waals surface area contributed by atoms with Gasteiger partial charge in [-0.05, 0) is 49.0 Å². The van der Waals surface area contributed by atoms with E-state index in [4.69, 9.17) is 12.2 Å². The number of alkyl halides is 3. The van der Waals surface area contributed by atoms with E-state index in [1.807, 2.05) is 31.2 Å². The molecule has 0 aliphatic rings. The van der Waals surface area contributed by atoms with Crippen molar-refractivity contribution in [2.45, 2.75) is 13.3 Å². The number of thiocarbonyl (C=S) groups is 1. The van der Waals surface area contributed by atoms with Crippen molar-refractivity contribution < 1.29 is 17.9 Å². The number of hydrogen-bond donors (Lipinski definition) is 2. The molecule has 0 fully saturated rings. The van der Waals surface area contributed by atoms with Crippen molar-refractivity contribution in [3.63, 3.8) is 0 Å². The number of benzene rings is 2. The van der Waals surface area contributed by atoms with Crippen LogP contribution >= 0.6 is 12.2 Å². The summed E-state index contributed by atoms with van der Waals surface area (Å²) < 4.78 is 40.4. The van der Waals surface area contributed by atoms with Crippen molar-refractivity contribution in [2.75, 3.05) is 10.6 Å². The van der Waals surface area contributed by atoms with E-state index >= 15 is 0 Å². The fourth-order valence-corrected chi connectivity index (χ4v) is 2.02. The lowest BCUT2D eigenvalue weighted by Crippen LogP contribution is -2.20. The molecule has 0 saturated heterocycles. The van der Waals surface area contributed by atoms with Gasteiger partial charge in [0.15, 0.2) is 5.11 Å². The summed E-state index contributed by atoms with van der Waals surface area (Å²) in [4.78, 5) is 0. The molecule has 0 saturated carbocycles. The summed E-state index contributed by atoms with van der Waals surface area (Å²) in [5.41, 5.74) is 2.25. The van der Waals surface area contributed by atoms with E-state index in [0.29, 0.717) is 5.69 Å². The topological polar surface area (TPSA) is 33.3 Å². The minimum Gasteiger partial charge on any atom is -0.406 e. The zero-order valence-electron chi connectivity index (χ0n) is 11.6. The van der Waals surface area contributed by atoms with Crippen LogP contribution < -0.4 is 15.4 Å². The lowest BCUT2D eigenvalue weighted by molar-refractivity contribution is -0.274. The van der Waals surface area contributed by atoms with Gasteiger partial charge in [-0.1, -0.05) is 18.2 Å². The van der Waals surface area contributed by atoms with Gasteiger partial charge in [0.25, 0.3) is 0 Å². The van der Waals surface area contributed by atoms with Gasteiger partial charge < -0.3 is 15.4 Å². The van der Waals surface area contributed by atoms with Crippen LogP contribution in [-0.4, -0.2) is 11.5 Å². The number of ether oxygens (including phenoxy) is 1. The van der Waals surface area contributed by atoms with Crippen molar-refractivity contribution >= 4 is 28.7 Å². The SMILES string of the molecule is Cc1cccc(NC(=S)Nc2cccc(OC(F)(F)F)c2)c1. The number of anilines is 2. The number of rotatable bonds is 3. The van der Waals surface area contributed by atoms with Gasteiger partial charge in [-0.3, -0.25) is 0 Å². The summed E-state index contributed by atoms with van der Waals surface area (Å²) >= 11 is 5.13. The minimum absolute atomic E-state index is 0.273. The third-order valence-electron chi connectivity index (χ3n) is 2.60. The molecule has 2 rings (SSSR count). The van der Waals surface area contributed by atoms with Crippen molar-refractivity contribution in [3.8, 4) is 5.75 Å². The molecule has 0 aliphatic carbocycles. The van der Waals surface area contributed by atoms with E-state index in [1.165, 1.54) is 18.2 Å². The summed E-state index contributed by atoms with van der Waals surface area (Å²) in [6, 6.07) is 13.0. The van der Waals surface area contributed by atoms with Crippen LogP contribution in [-0.2, 0) is 0 Å². The molecule has 0 unspecified atom stereocenters. The van der Waals surface area contributed by atoms with Crippen LogP contribution in [0, 0.1) is 6.92 Å². The summed E-state index contributed by atoms with van der Waals surface area (Å²) in [6.07, 6.45) is -4.72. The molecule has 0 spiro atoms. The van der Waals surface area contributed by atoms with Gasteiger partial charge in [-0.15, -0.1) is 13.2 Å². The van der Waals surface area contributed by atoms with Gasteiger partial charge in [-0.25, -0.2) is 0 Å². The largest absolute Gasteiger partial charge is 0.573 e. The average Bonchev–Trinajstić information content (AvgIpc) is 2.36. The zero-order chi connectivity index (χ0) is 16.2. The smallest absolute Gasteiger partial charge is 0.406 e. The highest BCUT2D eigenvalue weighted by molar-refractivity contribution is 7.80. The third kappa shape index (κ3) is 5.25. The Morgan fingerprint density at radius 3 is 2.18 bits per heavy atom. The van der Waals surface area contributed by atoms with Gasteiger partial charge in [0, 0.05) is 17.4 Å². The highest BCUT2D eigenvalue weighted by Crippen LogP contribution is 2.25. The summed E-state index contributed by atoms with van der Waals surface area (Å²) in [6.45, 7) is 1.94. The molecule has 2 aromatic carbocycles. The third-order valence-corrected chi connectivity index (χ3v) is 2.81. The lowest BCUT2D eigenvalue weighted by atomic mass is 10.2. The van der Waals surface area contributed by atoms with Gasteiger partial charge in [-0.2, -0.15) is 0 Å². The highest BCUT2D eigenvalue weighted by Gasteiger charge is 2.31. The van der Waals surface area contributed by atoms with Crippen LogP contribution in [0.2, 0.25) is 0 Å². The molecular weight excluding hydrogens is 313 g/mol. The molecule has 2 N–H and O–H groups in total. The molecular formula is C15H13F3N2OS. The minimum atomic E-state index is -4.72. The summed E-state index contributed by atoms with van der Waals surface area (Å²) in [5.74, 6) is -0.309. The van der Waals surface area contributed by atoms with Crippen molar-refractivity contribution in [3.05, 3.63) is 54.1 Å². The predicted octanol–water partition coefficient (Wildman–Crippen LogP) is 4.70. The fraction of sp³-hybridized carbons (Fsp3) is 0.133. The quantitative estimate of drug-likeness (QED) is 0.801. The van der Waals surface area contributed by atoms with Crippen molar-refractivity contribution in [1.29, 1.82) is 0 Å². The maximum Gasteiger partial charge on any atom is 0.573 e. The second kappa shape index (κ2) is 6.65. The first-order chi connectivity index (χ1) is 10.3. The Morgan fingerprint density at radius 1 is 1.00 bits per heavy atom. The molecule has 2 aromatic rings. The van der Waals surface area contributed by atoms with Gasteiger partial charge in [0.05, 0.1) is 0 Å². The van der Waals surface area contributed by atoms with Crippen LogP contribution in [0.1, 0.15) is 5.56 Å². The molecule has 0 atom stereocenters. The first-order valence-electron chi connectivity index (χ1n) is 6.32. The first kappa shape index (κ1) is 16.1. The van der Waals surface area contributed by atoms with E-state index in [-0.39, 0.29) is 10.9 Å². The molecule has 0 aromatic heterocycles. The molecule has 22 heavy (non-hydrogen) atoms. The zero-order valence-corrected chi connectivity index (χ0v) is 12.4. The lowest BCUT2D eigenvalue weighted by Gasteiger charge is -2.13. The fourth-order valence-electron chi connectivity index (χ4n) is 1.79. The van der Waals surface area contributed by atoms with Gasteiger partial charge in [0.2, 0.25) is 0 Å². The van der Waals surface area contributed by atoms with Crippen LogP contribution in [0.4, 0.5) is 24.5 Å². The van der Waals surface area contributed by atoms with E-state index < -0.39 is 6.36 Å². The van der Waals surface area contributed by atoms with E-state index in [9.17, 15) is 13.2 Å². The molecule has 0 bridgehead atoms. The molecule has 116 valence electrons. The Balaban J connectivity index is 2.01. The maximum absolute atomic E-state index is 12.2. The number of nitrogens with one attached hydrogen (secondary N) is 2. The Labute approximate surface area is 131 Å². The Morgan fingerprint density at radius 2 is 1.59 bits per heavy atom. The number of halogens is 3. The highest BCUT2D eigenvalue weighted by atomic mass is 32.1. The van der Waals surface area contributed by atoms with E-state index in [1.54, 1.807) is 6.07 Å². The van der Waals surface area contributed by atoms with Gasteiger partial charge in [0.1, 0.15) is 5.75 Å². The summed E-state index contributed by atoms with van der Waals surface area (Å²) in [7, 11) is 0. The second-order valence-electron chi connectivity index (χ2n) is 4.52. The monoisotopic (exact) mass is 326 g/mol. The van der Waals surface area contributed by atoms with Crippen LogP contribution in [0.3, 0.4) is 0 Å². The van der Waals surface area contributed by atoms with E-state index in [2.05, 4.69) is 15.4 Å². The van der Waals surface area contributed by atoms with Crippen LogP contribution in [0.15, 0.2) is 48.5 Å². The van der Waals surface area contributed by atoms with E-state index in [0.717, 1.165) is 11.3 Å². The first-order valence-corrected chi connectivity index (χ1v) is 6.73. The molecule has 0 aliphatic heterocycles. The molecule has 0 radical (unpaired) electrons. The molecule has 7 heteroatoms. The Hall–Kier alpha value is -2.28. The number of hydrogen-bond acceptors (Lipinski definition) is 2.